The van der Waals surface area contributed by atoms with Gasteiger partial charge in [-0.25, -0.2) is 13.2 Å². The number of thiophene rings is 1. The minimum Gasteiger partial charge on any atom is -0.468 e. The average molecular weight is 519 g/mol. The summed E-state index contributed by atoms with van der Waals surface area (Å²) in [6, 6.07) is 12.7. The number of nitrogens with one attached hydrogen (secondary N) is 1. The van der Waals surface area contributed by atoms with Crippen molar-refractivity contribution < 1.29 is 27.5 Å². The van der Waals surface area contributed by atoms with Crippen molar-refractivity contribution in [2.24, 2.45) is 0 Å². The molecule has 1 aliphatic carbocycles. The Morgan fingerprint density at radius 3 is 2.46 bits per heavy atom. The number of hydrogen-bond acceptors (Lipinski definition) is 7. The maximum atomic E-state index is 13.3. The van der Waals surface area contributed by atoms with Gasteiger partial charge >= 0.3 is 12.1 Å². The van der Waals surface area contributed by atoms with Crippen molar-refractivity contribution in [3.8, 4) is 0 Å². The molecule has 0 spiro atoms. The van der Waals surface area contributed by atoms with E-state index in [4.69, 9.17) is 9.47 Å². The van der Waals surface area contributed by atoms with Crippen LogP contribution in [0.15, 0.2) is 52.7 Å². The van der Waals surface area contributed by atoms with Gasteiger partial charge in [-0.3, -0.25) is 4.79 Å². The fourth-order valence-corrected chi connectivity index (χ4v) is 7.00. The van der Waals surface area contributed by atoms with E-state index >= 15 is 0 Å². The second-order valence-electron chi connectivity index (χ2n) is 9.76. The molecule has 8 nitrogen and oxygen atoms in total. The normalized spacial score (nSPS) is 22.3. The molecule has 4 rings (SSSR count). The third-order valence-electron chi connectivity index (χ3n) is 6.05. The highest BCUT2D eigenvalue weighted by Crippen LogP contribution is 2.53. The second kappa shape index (κ2) is 9.40. The van der Waals surface area contributed by atoms with Gasteiger partial charge in [-0.2, -0.15) is 4.72 Å². The van der Waals surface area contributed by atoms with Crippen molar-refractivity contribution in [1.29, 1.82) is 0 Å². The summed E-state index contributed by atoms with van der Waals surface area (Å²) >= 11 is 1.15. The van der Waals surface area contributed by atoms with Crippen molar-refractivity contribution in [2.75, 3.05) is 20.2 Å². The summed E-state index contributed by atoms with van der Waals surface area (Å²) < 4.78 is 39.7. The molecular formula is C25H30N2O6S2. The van der Waals surface area contributed by atoms with Gasteiger partial charge in [0.05, 0.1) is 7.11 Å². The van der Waals surface area contributed by atoms with E-state index in [1.165, 1.54) is 7.11 Å². The number of rotatable bonds is 6. The lowest BCUT2D eigenvalue weighted by Gasteiger charge is -2.29. The summed E-state index contributed by atoms with van der Waals surface area (Å²) in [4.78, 5) is 27.3. The number of esters is 1. The number of amides is 1. The Bertz CT molecular complexity index is 1250. The molecule has 188 valence electrons. The van der Waals surface area contributed by atoms with Gasteiger partial charge in [0.15, 0.2) is 0 Å². The van der Waals surface area contributed by atoms with Crippen molar-refractivity contribution in [3.05, 3.63) is 59.0 Å². The third kappa shape index (κ3) is 5.44. The molecule has 1 saturated carbocycles. The van der Waals surface area contributed by atoms with Crippen LogP contribution in [0.25, 0.3) is 5.57 Å². The molecule has 1 amide bonds. The fourth-order valence-electron chi connectivity index (χ4n) is 4.23. The van der Waals surface area contributed by atoms with E-state index in [-0.39, 0.29) is 16.2 Å². The molecule has 1 N–H and O–H groups in total. The number of hydrogen-bond donors (Lipinski definition) is 1. The summed E-state index contributed by atoms with van der Waals surface area (Å²) in [5.74, 6) is -0.880. The van der Waals surface area contributed by atoms with Gasteiger partial charge in [-0.15, -0.1) is 11.3 Å². The number of sulfonamides is 1. The zero-order chi connectivity index (χ0) is 25.4. The van der Waals surface area contributed by atoms with Crippen LogP contribution < -0.4 is 4.72 Å². The van der Waals surface area contributed by atoms with Gasteiger partial charge in [0.25, 0.3) is 10.0 Å². The minimum absolute atomic E-state index is 0.130. The summed E-state index contributed by atoms with van der Waals surface area (Å²) in [6.45, 7) is 6.36. The largest absolute Gasteiger partial charge is 0.468 e. The summed E-state index contributed by atoms with van der Waals surface area (Å²) in [7, 11) is -2.70. The first-order chi connectivity index (χ1) is 16.4. The third-order valence-corrected chi connectivity index (χ3v) is 9.21. The Hall–Kier alpha value is -2.69. The Morgan fingerprint density at radius 1 is 1.14 bits per heavy atom. The maximum absolute atomic E-state index is 13.3. The molecule has 1 aromatic heterocycles. The lowest BCUT2D eigenvalue weighted by Crippen LogP contribution is -2.45. The topological polar surface area (TPSA) is 102 Å². The van der Waals surface area contributed by atoms with Gasteiger partial charge < -0.3 is 14.4 Å². The van der Waals surface area contributed by atoms with Crippen LogP contribution in [0.2, 0.25) is 0 Å². The van der Waals surface area contributed by atoms with Gasteiger partial charge in [-0.05, 0) is 56.9 Å². The van der Waals surface area contributed by atoms with Gasteiger partial charge in [0.2, 0.25) is 0 Å². The molecule has 0 bridgehead atoms. The van der Waals surface area contributed by atoms with Crippen LogP contribution in [0.3, 0.4) is 0 Å². The SMILES string of the molecule is COC(=O)C1(NS(=O)(=O)c2ccc(C3=CCN(C(=O)OC(C)(C)C)CC3)s2)CC1c1ccccc1. The van der Waals surface area contributed by atoms with Gasteiger partial charge in [0.1, 0.15) is 15.3 Å². The zero-order valence-corrected chi connectivity index (χ0v) is 21.9. The standard InChI is InChI=1S/C25H30N2O6S2/c1-24(2,3)33-23(29)27-14-12-18(13-15-27)20-10-11-21(34-20)35(30,31)26-25(22(28)32-4)16-19(25)17-8-6-5-7-9-17/h5-12,19,26H,13-16H2,1-4H3. The van der Waals surface area contributed by atoms with Crippen LogP contribution >= 0.6 is 11.3 Å². The number of nitrogens with zero attached hydrogens (tertiary/aromatic N) is 1. The van der Waals surface area contributed by atoms with E-state index in [1.54, 1.807) is 17.0 Å². The Balaban J connectivity index is 1.48. The highest BCUT2D eigenvalue weighted by atomic mass is 32.2. The zero-order valence-electron chi connectivity index (χ0n) is 20.2. The second-order valence-corrected chi connectivity index (χ2v) is 12.8. The summed E-state index contributed by atoms with van der Waals surface area (Å²) in [5, 5.41) is 0. The lowest BCUT2D eigenvalue weighted by molar-refractivity contribution is -0.144. The molecule has 0 saturated heterocycles. The van der Waals surface area contributed by atoms with E-state index in [9.17, 15) is 18.0 Å². The van der Waals surface area contributed by atoms with E-state index in [0.29, 0.717) is 25.9 Å². The molecule has 1 fully saturated rings. The van der Waals surface area contributed by atoms with Gasteiger partial charge in [0, 0.05) is 23.9 Å². The molecule has 1 aromatic carbocycles. The molecule has 2 aromatic rings. The lowest BCUT2D eigenvalue weighted by atomic mass is 10.1. The summed E-state index contributed by atoms with van der Waals surface area (Å²) in [6.07, 6.45) is 2.49. The number of carbonyl (C=O) groups is 2. The van der Waals surface area contributed by atoms with Crippen LogP contribution in [0, 0.1) is 0 Å². The minimum atomic E-state index is -3.96. The van der Waals surface area contributed by atoms with Crippen molar-refractivity contribution >= 4 is 39.0 Å². The highest BCUT2D eigenvalue weighted by Gasteiger charge is 2.64. The molecule has 2 atom stereocenters. The quantitative estimate of drug-likeness (QED) is 0.577. The highest BCUT2D eigenvalue weighted by molar-refractivity contribution is 7.91. The van der Waals surface area contributed by atoms with Gasteiger partial charge in [-0.1, -0.05) is 36.4 Å². The number of carbonyl (C=O) groups excluding carboxylic acids is 2. The smallest absolute Gasteiger partial charge is 0.410 e. The average Bonchev–Trinajstić information content (AvgIpc) is 3.29. The molecule has 1 aliphatic heterocycles. The van der Waals surface area contributed by atoms with E-state index in [1.807, 2.05) is 57.2 Å². The van der Waals surface area contributed by atoms with E-state index < -0.39 is 27.1 Å². The predicted octanol–water partition coefficient (Wildman–Crippen LogP) is 4.15. The van der Waals surface area contributed by atoms with Crippen LogP contribution in [0.4, 0.5) is 4.79 Å². The van der Waals surface area contributed by atoms with E-state index in [0.717, 1.165) is 27.4 Å². The predicted molar refractivity (Wildman–Crippen MR) is 134 cm³/mol. The molecular weight excluding hydrogens is 488 g/mol. The number of benzene rings is 1. The first-order valence-electron chi connectivity index (χ1n) is 11.4. The first-order valence-corrected chi connectivity index (χ1v) is 13.7. The number of methoxy groups -OCH3 is 1. The molecule has 2 unspecified atom stereocenters. The van der Waals surface area contributed by atoms with Crippen LogP contribution in [0.5, 0.6) is 0 Å². The fraction of sp³-hybridized carbons (Fsp3) is 0.440. The summed E-state index contributed by atoms with van der Waals surface area (Å²) in [5.41, 5.74) is -0.00733. The Morgan fingerprint density at radius 2 is 1.86 bits per heavy atom. The Kier molecular flexibility index (Phi) is 6.82. The van der Waals surface area contributed by atoms with E-state index in [2.05, 4.69) is 4.72 Å². The first kappa shape index (κ1) is 25.4. The molecule has 2 aliphatic rings. The number of ether oxygens (including phenoxy) is 2. The van der Waals surface area contributed by atoms with Crippen molar-refractivity contribution in [3.63, 3.8) is 0 Å². The van der Waals surface area contributed by atoms with Crippen LogP contribution in [-0.4, -0.2) is 56.7 Å². The maximum Gasteiger partial charge on any atom is 0.410 e. The molecule has 2 heterocycles. The Labute approximate surface area is 210 Å². The van der Waals surface area contributed by atoms with Crippen molar-refractivity contribution in [2.45, 2.75) is 54.9 Å². The molecule has 35 heavy (non-hydrogen) atoms. The molecule has 0 radical (unpaired) electrons. The molecule has 10 heteroatoms. The van der Waals surface area contributed by atoms with Crippen LogP contribution in [-0.2, 0) is 24.3 Å². The monoisotopic (exact) mass is 518 g/mol. The van der Waals surface area contributed by atoms with Crippen molar-refractivity contribution in [1.82, 2.24) is 9.62 Å². The van der Waals surface area contributed by atoms with Crippen LogP contribution in [0.1, 0.15) is 50.0 Å².